The van der Waals surface area contributed by atoms with Crippen molar-refractivity contribution >= 4 is 58.9 Å². The summed E-state index contributed by atoms with van der Waals surface area (Å²) in [5, 5.41) is 7.93. The minimum atomic E-state index is 0. The molecule has 2 heterocycles. The molecular formula is C19H32IN5OS2. The van der Waals surface area contributed by atoms with Crippen molar-refractivity contribution in [2.24, 2.45) is 10.9 Å². The molecule has 3 rings (SSSR count). The lowest BCUT2D eigenvalue weighted by molar-refractivity contribution is -0.136. The van der Waals surface area contributed by atoms with E-state index < -0.39 is 0 Å². The Hall–Kier alpha value is -0.550. The molecule has 2 N–H and O–H groups in total. The summed E-state index contributed by atoms with van der Waals surface area (Å²) in [5.41, 5.74) is 0. The number of halogens is 1. The summed E-state index contributed by atoms with van der Waals surface area (Å²) in [6, 6.07) is 0.391. The molecule has 0 aromatic carbocycles. The zero-order valence-electron chi connectivity index (χ0n) is 16.8. The van der Waals surface area contributed by atoms with Gasteiger partial charge in [-0.3, -0.25) is 4.79 Å². The summed E-state index contributed by atoms with van der Waals surface area (Å²) in [5.74, 6) is 3.62. The van der Waals surface area contributed by atoms with E-state index in [9.17, 15) is 4.79 Å². The fraction of sp³-hybridized carbons (Fsp3) is 0.737. The van der Waals surface area contributed by atoms with Gasteiger partial charge in [-0.2, -0.15) is 11.8 Å². The largest absolute Gasteiger partial charge is 0.357 e. The van der Waals surface area contributed by atoms with Gasteiger partial charge in [-0.25, -0.2) is 9.98 Å². The molecule has 1 aromatic rings. The van der Waals surface area contributed by atoms with Gasteiger partial charge in [-0.1, -0.05) is 0 Å². The van der Waals surface area contributed by atoms with Crippen molar-refractivity contribution in [1.82, 2.24) is 20.5 Å². The molecule has 158 valence electrons. The molecule has 1 aromatic heterocycles. The molecule has 1 amide bonds. The molecule has 1 saturated carbocycles. The average Bonchev–Trinajstić information content (AvgIpc) is 3.12. The Labute approximate surface area is 193 Å². The number of nitrogens with zero attached hydrogens (tertiary/aromatic N) is 3. The summed E-state index contributed by atoms with van der Waals surface area (Å²) in [6.45, 7) is 7.44. The van der Waals surface area contributed by atoms with Crippen molar-refractivity contribution in [3.05, 3.63) is 16.1 Å². The van der Waals surface area contributed by atoms with E-state index in [1.807, 2.05) is 18.0 Å². The van der Waals surface area contributed by atoms with Gasteiger partial charge < -0.3 is 15.5 Å². The molecule has 9 heteroatoms. The van der Waals surface area contributed by atoms with E-state index in [-0.39, 0.29) is 29.9 Å². The first kappa shape index (κ1) is 23.7. The van der Waals surface area contributed by atoms with Crippen molar-refractivity contribution < 1.29 is 4.79 Å². The lowest BCUT2D eigenvalue weighted by atomic mass is 9.85. The SMILES string of the molecule is CCNC(=NCc1ncc(C)s1)NC1CCC(C(=O)N2CCSCC2)CC1.I. The van der Waals surface area contributed by atoms with Crippen LogP contribution in [0.3, 0.4) is 0 Å². The molecule has 28 heavy (non-hydrogen) atoms. The smallest absolute Gasteiger partial charge is 0.225 e. The number of rotatable bonds is 5. The predicted molar refractivity (Wildman–Crippen MR) is 130 cm³/mol. The zero-order valence-corrected chi connectivity index (χ0v) is 20.7. The number of guanidine groups is 1. The van der Waals surface area contributed by atoms with Crippen molar-refractivity contribution in [3.63, 3.8) is 0 Å². The molecule has 6 nitrogen and oxygen atoms in total. The Bertz CT molecular complexity index is 640. The number of thioether (sulfide) groups is 1. The number of hydrogen-bond donors (Lipinski definition) is 2. The van der Waals surface area contributed by atoms with Gasteiger partial charge in [0.05, 0.1) is 6.54 Å². The number of amides is 1. The second-order valence-corrected chi connectivity index (χ2v) is 9.73. The van der Waals surface area contributed by atoms with Crippen molar-refractivity contribution in [2.75, 3.05) is 31.1 Å². The maximum absolute atomic E-state index is 12.7. The number of carbonyl (C=O) groups excluding carboxylic acids is 1. The van der Waals surface area contributed by atoms with Crippen LogP contribution in [0.1, 0.15) is 42.5 Å². The van der Waals surface area contributed by atoms with Crippen LogP contribution in [-0.4, -0.2) is 58.9 Å². The highest BCUT2D eigenvalue weighted by atomic mass is 127. The number of nitrogens with one attached hydrogen (secondary N) is 2. The normalized spacial score (nSPS) is 23.1. The molecule has 1 saturated heterocycles. The first-order valence-corrected chi connectivity index (χ1v) is 12.0. The second-order valence-electron chi connectivity index (χ2n) is 7.19. The van der Waals surface area contributed by atoms with Crippen LogP contribution in [0.15, 0.2) is 11.2 Å². The van der Waals surface area contributed by atoms with Gasteiger partial charge in [0.25, 0.3) is 0 Å². The van der Waals surface area contributed by atoms with Gasteiger partial charge in [0.15, 0.2) is 5.96 Å². The number of aliphatic imine (C=N–C) groups is 1. The maximum atomic E-state index is 12.7. The summed E-state index contributed by atoms with van der Waals surface area (Å²) < 4.78 is 0. The van der Waals surface area contributed by atoms with E-state index in [0.29, 0.717) is 18.5 Å². The molecule has 0 radical (unpaired) electrons. The predicted octanol–water partition coefficient (Wildman–Crippen LogP) is 3.26. The highest BCUT2D eigenvalue weighted by Crippen LogP contribution is 2.27. The Morgan fingerprint density at radius 1 is 1.29 bits per heavy atom. The second kappa shape index (κ2) is 12.2. The van der Waals surface area contributed by atoms with Crippen LogP contribution >= 0.6 is 47.1 Å². The van der Waals surface area contributed by atoms with Gasteiger partial charge in [-0.15, -0.1) is 35.3 Å². The van der Waals surface area contributed by atoms with Gasteiger partial charge in [0.1, 0.15) is 5.01 Å². The lowest BCUT2D eigenvalue weighted by Gasteiger charge is -2.34. The maximum Gasteiger partial charge on any atom is 0.225 e. The van der Waals surface area contributed by atoms with E-state index in [1.165, 1.54) is 4.88 Å². The zero-order chi connectivity index (χ0) is 19.1. The fourth-order valence-electron chi connectivity index (χ4n) is 3.66. The number of hydrogen-bond acceptors (Lipinski definition) is 5. The highest BCUT2D eigenvalue weighted by Gasteiger charge is 2.30. The Balaban J connectivity index is 0.00000280. The van der Waals surface area contributed by atoms with E-state index in [4.69, 9.17) is 0 Å². The van der Waals surface area contributed by atoms with Crippen LogP contribution in [0.4, 0.5) is 0 Å². The van der Waals surface area contributed by atoms with Crippen LogP contribution in [0, 0.1) is 12.8 Å². The summed E-state index contributed by atoms with van der Waals surface area (Å²) >= 11 is 3.64. The number of carbonyl (C=O) groups is 1. The van der Waals surface area contributed by atoms with Crippen molar-refractivity contribution in [2.45, 2.75) is 52.1 Å². The molecule has 0 unspecified atom stereocenters. The molecule has 0 atom stereocenters. The summed E-state index contributed by atoms with van der Waals surface area (Å²) in [7, 11) is 0. The summed E-state index contributed by atoms with van der Waals surface area (Å²) in [4.78, 5) is 25.1. The van der Waals surface area contributed by atoms with E-state index >= 15 is 0 Å². The molecule has 1 aliphatic carbocycles. The molecule has 2 fully saturated rings. The third-order valence-electron chi connectivity index (χ3n) is 5.13. The number of aromatic nitrogens is 1. The summed E-state index contributed by atoms with van der Waals surface area (Å²) in [6.07, 6.45) is 5.91. The van der Waals surface area contributed by atoms with Crippen LogP contribution in [0.25, 0.3) is 0 Å². The van der Waals surface area contributed by atoms with Crippen LogP contribution in [0.2, 0.25) is 0 Å². The van der Waals surface area contributed by atoms with Crippen molar-refractivity contribution in [3.8, 4) is 0 Å². The first-order valence-electron chi connectivity index (χ1n) is 9.98. The topological polar surface area (TPSA) is 69.6 Å². The minimum Gasteiger partial charge on any atom is -0.357 e. The van der Waals surface area contributed by atoms with Gasteiger partial charge in [0.2, 0.25) is 5.91 Å². The monoisotopic (exact) mass is 537 g/mol. The molecule has 1 aliphatic heterocycles. The fourth-order valence-corrected chi connectivity index (χ4v) is 5.28. The first-order chi connectivity index (χ1) is 13.2. The Morgan fingerprint density at radius 2 is 2.00 bits per heavy atom. The van der Waals surface area contributed by atoms with Gasteiger partial charge in [-0.05, 0) is 39.5 Å². The Kier molecular flexibility index (Phi) is 10.4. The minimum absolute atomic E-state index is 0. The molecular weight excluding hydrogens is 505 g/mol. The highest BCUT2D eigenvalue weighted by molar-refractivity contribution is 14.0. The standard InChI is InChI=1S/C19H31N5OS2.HI/c1-3-20-19(22-13-17-21-12-14(2)27-17)23-16-6-4-15(5-7-16)18(25)24-8-10-26-11-9-24;/h12,15-16H,3-11,13H2,1-2H3,(H2,20,22,23);1H. The lowest BCUT2D eigenvalue weighted by Crippen LogP contribution is -2.47. The molecule has 2 aliphatic rings. The number of aryl methyl sites for hydroxylation is 1. The molecule has 0 bridgehead atoms. The van der Waals surface area contributed by atoms with Crippen LogP contribution in [-0.2, 0) is 11.3 Å². The Morgan fingerprint density at radius 3 is 2.61 bits per heavy atom. The van der Waals surface area contributed by atoms with Crippen LogP contribution in [0.5, 0.6) is 0 Å². The van der Waals surface area contributed by atoms with Gasteiger partial charge in [0, 0.05) is 54.2 Å². The number of thiazole rings is 1. The van der Waals surface area contributed by atoms with E-state index in [1.54, 1.807) is 11.3 Å². The molecule has 0 spiro atoms. The quantitative estimate of drug-likeness (QED) is 0.343. The third-order valence-corrected chi connectivity index (χ3v) is 6.97. The average molecular weight is 538 g/mol. The van der Waals surface area contributed by atoms with E-state index in [0.717, 1.165) is 67.8 Å². The third kappa shape index (κ3) is 7.05. The van der Waals surface area contributed by atoms with Gasteiger partial charge >= 0.3 is 0 Å². The van der Waals surface area contributed by atoms with Crippen molar-refractivity contribution in [1.29, 1.82) is 0 Å². The van der Waals surface area contributed by atoms with E-state index in [2.05, 4.69) is 39.4 Å². The van der Waals surface area contributed by atoms with Crippen LogP contribution < -0.4 is 10.6 Å².